The van der Waals surface area contributed by atoms with Gasteiger partial charge in [0.25, 0.3) is 0 Å². The van der Waals surface area contributed by atoms with E-state index in [1.807, 2.05) is 37.5 Å². The summed E-state index contributed by atoms with van der Waals surface area (Å²) in [6.07, 6.45) is 3.79. The number of nitrogen functional groups attached to an aromatic ring is 1. The average molecular weight is 369 g/mol. The molecular formula is C18H23N7S. The molecule has 0 fully saturated rings. The Morgan fingerprint density at radius 2 is 1.92 bits per heavy atom. The van der Waals surface area contributed by atoms with Crippen LogP contribution in [-0.4, -0.2) is 38.6 Å². The predicted molar refractivity (Wildman–Crippen MR) is 106 cm³/mol. The molecule has 0 unspecified atom stereocenters. The number of rotatable bonds is 6. The normalized spacial score (nSPS) is 11.1. The van der Waals surface area contributed by atoms with Gasteiger partial charge in [-0.25, -0.2) is 4.98 Å². The van der Waals surface area contributed by atoms with Crippen LogP contribution < -0.4 is 10.6 Å². The molecule has 2 aromatic heterocycles. The number of hydrogen-bond acceptors (Lipinski definition) is 7. The molecule has 136 valence electrons. The minimum atomic E-state index is 0.229. The van der Waals surface area contributed by atoms with Crippen LogP contribution >= 0.6 is 11.8 Å². The average Bonchev–Trinajstić information content (AvgIpc) is 3.07. The molecule has 0 bridgehead atoms. The third kappa shape index (κ3) is 3.96. The van der Waals surface area contributed by atoms with Gasteiger partial charge in [0.1, 0.15) is 5.82 Å². The van der Waals surface area contributed by atoms with E-state index >= 15 is 0 Å². The topological polar surface area (TPSA) is 85.8 Å². The summed E-state index contributed by atoms with van der Waals surface area (Å²) in [6, 6.07) is 8.39. The number of nitrogens with two attached hydrogens (primary N) is 1. The summed E-state index contributed by atoms with van der Waals surface area (Å²) in [7, 11) is 3.75. The Hall–Kier alpha value is -2.61. The van der Waals surface area contributed by atoms with Crippen LogP contribution in [-0.2, 0) is 5.75 Å². The largest absolute Gasteiger partial charge is 0.368 e. The number of hydrogen-bond donors (Lipinski definition) is 1. The number of nitrogens with zero attached hydrogens (tertiary/aromatic N) is 6. The molecule has 8 heteroatoms. The first-order chi connectivity index (χ1) is 12.5. The van der Waals surface area contributed by atoms with Gasteiger partial charge in [0.05, 0.1) is 11.4 Å². The summed E-state index contributed by atoms with van der Waals surface area (Å²) < 4.78 is 2.11. The van der Waals surface area contributed by atoms with Gasteiger partial charge in [-0.05, 0) is 17.5 Å². The van der Waals surface area contributed by atoms with E-state index < -0.39 is 0 Å². The maximum absolute atomic E-state index is 5.80. The highest BCUT2D eigenvalue weighted by Gasteiger charge is 2.13. The molecule has 0 saturated carbocycles. The van der Waals surface area contributed by atoms with Gasteiger partial charge in [-0.3, -0.25) is 4.57 Å². The van der Waals surface area contributed by atoms with Crippen molar-refractivity contribution in [3.63, 3.8) is 0 Å². The van der Waals surface area contributed by atoms with Crippen LogP contribution in [0.25, 0.3) is 5.69 Å². The van der Waals surface area contributed by atoms with E-state index in [0.29, 0.717) is 23.4 Å². The van der Waals surface area contributed by atoms with E-state index in [1.54, 1.807) is 11.8 Å². The third-order valence-corrected chi connectivity index (χ3v) is 4.81. The van der Waals surface area contributed by atoms with Crippen molar-refractivity contribution >= 4 is 23.7 Å². The van der Waals surface area contributed by atoms with Gasteiger partial charge in [-0.1, -0.05) is 43.8 Å². The highest BCUT2D eigenvalue weighted by Crippen LogP contribution is 2.28. The molecule has 0 aliphatic rings. The van der Waals surface area contributed by atoms with Crippen molar-refractivity contribution < 1.29 is 0 Å². The molecule has 0 saturated heterocycles. The van der Waals surface area contributed by atoms with Gasteiger partial charge >= 0.3 is 0 Å². The first-order valence-electron chi connectivity index (χ1n) is 8.39. The molecule has 0 aliphatic heterocycles. The number of imidazole rings is 1. The Morgan fingerprint density at radius 1 is 1.15 bits per heavy atom. The summed E-state index contributed by atoms with van der Waals surface area (Å²) in [5.74, 6) is 2.42. The molecule has 7 nitrogen and oxygen atoms in total. The first-order valence-corrected chi connectivity index (χ1v) is 9.37. The van der Waals surface area contributed by atoms with E-state index in [1.165, 1.54) is 5.56 Å². The van der Waals surface area contributed by atoms with Crippen LogP contribution in [0.1, 0.15) is 31.2 Å². The van der Waals surface area contributed by atoms with Crippen molar-refractivity contribution in [2.24, 2.45) is 0 Å². The molecule has 2 N–H and O–H groups in total. The molecule has 0 atom stereocenters. The molecule has 0 aliphatic carbocycles. The van der Waals surface area contributed by atoms with Gasteiger partial charge < -0.3 is 10.6 Å². The standard InChI is InChI=1S/C18H23N7S/c1-12(2)13-7-5-6-8-14(13)25-10-9-20-18(25)26-11-15-21-16(19)23-17(22-15)24(3)4/h5-10,12H,11H2,1-4H3,(H2,19,21,22,23). The van der Waals surface area contributed by atoms with Crippen molar-refractivity contribution in [2.75, 3.05) is 24.7 Å². The summed E-state index contributed by atoms with van der Waals surface area (Å²) >= 11 is 1.58. The summed E-state index contributed by atoms with van der Waals surface area (Å²) in [6.45, 7) is 4.39. The molecule has 0 amide bonds. The Bertz CT molecular complexity index is 889. The number of thioether (sulfide) groups is 1. The lowest BCUT2D eigenvalue weighted by molar-refractivity contribution is 0.817. The molecule has 26 heavy (non-hydrogen) atoms. The summed E-state index contributed by atoms with van der Waals surface area (Å²) in [5, 5.41) is 0.892. The van der Waals surface area contributed by atoms with Crippen molar-refractivity contribution in [3.05, 3.63) is 48.0 Å². The minimum absolute atomic E-state index is 0.229. The Morgan fingerprint density at radius 3 is 2.65 bits per heavy atom. The van der Waals surface area contributed by atoms with Crippen LogP contribution in [0.4, 0.5) is 11.9 Å². The zero-order valence-electron chi connectivity index (χ0n) is 15.4. The van der Waals surface area contributed by atoms with Gasteiger partial charge in [-0.2, -0.15) is 15.0 Å². The van der Waals surface area contributed by atoms with Crippen molar-refractivity contribution in [1.29, 1.82) is 0 Å². The maximum Gasteiger partial charge on any atom is 0.229 e. The zero-order chi connectivity index (χ0) is 18.7. The number of anilines is 2. The smallest absolute Gasteiger partial charge is 0.229 e. The van der Waals surface area contributed by atoms with Gasteiger partial charge in [-0.15, -0.1) is 0 Å². The van der Waals surface area contributed by atoms with Crippen LogP contribution in [0, 0.1) is 0 Å². The Kier molecular flexibility index (Phi) is 5.41. The van der Waals surface area contributed by atoms with Crippen LogP contribution in [0.2, 0.25) is 0 Å². The molecule has 0 spiro atoms. The van der Waals surface area contributed by atoms with Gasteiger partial charge in [0, 0.05) is 26.5 Å². The fraction of sp³-hybridized carbons (Fsp3) is 0.333. The minimum Gasteiger partial charge on any atom is -0.368 e. The molecule has 3 rings (SSSR count). The van der Waals surface area contributed by atoms with Crippen molar-refractivity contribution in [1.82, 2.24) is 24.5 Å². The highest BCUT2D eigenvalue weighted by molar-refractivity contribution is 7.98. The maximum atomic E-state index is 5.80. The summed E-state index contributed by atoms with van der Waals surface area (Å²) in [4.78, 5) is 19.1. The van der Waals surface area contributed by atoms with Crippen LogP contribution in [0.15, 0.2) is 41.8 Å². The van der Waals surface area contributed by atoms with Gasteiger partial charge in [0.15, 0.2) is 5.16 Å². The van der Waals surface area contributed by atoms with Crippen LogP contribution in [0.3, 0.4) is 0 Å². The zero-order valence-corrected chi connectivity index (χ0v) is 16.2. The third-order valence-electron chi connectivity index (χ3n) is 3.84. The van der Waals surface area contributed by atoms with E-state index in [-0.39, 0.29) is 5.95 Å². The van der Waals surface area contributed by atoms with E-state index in [2.05, 4.69) is 56.5 Å². The molecule has 1 aromatic carbocycles. The fourth-order valence-electron chi connectivity index (χ4n) is 2.59. The van der Waals surface area contributed by atoms with E-state index in [0.717, 1.165) is 10.8 Å². The number of benzene rings is 1. The quantitative estimate of drug-likeness (QED) is 0.668. The monoisotopic (exact) mass is 369 g/mol. The number of para-hydroxylation sites is 1. The second-order valence-electron chi connectivity index (χ2n) is 6.39. The predicted octanol–water partition coefficient (Wildman–Crippen LogP) is 3.12. The van der Waals surface area contributed by atoms with Crippen molar-refractivity contribution in [2.45, 2.75) is 30.7 Å². The Labute approximate surface area is 157 Å². The highest BCUT2D eigenvalue weighted by atomic mass is 32.2. The van der Waals surface area contributed by atoms with Crippen LogP contribution in [0.5, 0.6) is 0 Å². The second-order valence-corrected chi connectivity index (χ2v) is 7.33. The molecule has 0 radical (unpaired) electrons. The SMILES string of the molecule is CC(C)c1ccccc1-n1ccnc1SCc1nc(N)nc(N(C)C)n1. The Balaban J connectivity index is 1.85. The second kappa shape index (κ2) is 7.74. The molecule has 3 aromatic rings. The summed E-state index contributed by atoms with van der Waals surface area (Å²) in [5.41, 5.74) is 8.23. The first kappa shape index (κ1) is 18.2. The van der Waals surface area contributed by atoms with Gasteiger partial charge in [0.2, 0.25) is 11.9 Å². The lowest BCUT2D eigenvalue weighted by Crippen LogP contribution is -2.16. The van der Waals surface area contributed by atoms with E-state index in [9.17, 15) is 0 Å². The van der Waals surface area contributed by atoms with E-state index in [4.69, 9.17) is 5.73 Å². The fourth-order valence-corrected chi connectivity index (χ4v) is 3.41. The lowest BCUT2D eigenvalue weighted by atomic mass is 10.0. The molecule has 2 heterocycles. The molecular weight excluding hydrogens is 346 g/mol. The number of aromatic nitrogens is 5. The van der Waals surface area contributed by atoms with Crippen molar-refractivity contribution in [3.8, 4) is 5.69 Å². The lowest BCUT2D eigenvalue weighted by Gasteiger charge is -2.15.